The number of hydrogen-bond acceptors (Lipinski definition) is 5. The molecule has 0 saturated carbocycles. The third kappa shape index (κ3) is 3.24. The van der Waals surface area contributed by atoms with Crippen molar-refractivity contribution in [3.63, 3.8) is 0 Å². The number of nitrogens with zero attached hydrogens (tertiary/aromatic N) is 2. The second-order valence-electron chi connectivity index (χ2n) is 4.49. The van der Waals surface area contributed by atoms with Gasteiger partial charge in [0.15, 0.2) is 11.5 Å². The van der Waals surface area contributed by atoms with Crippen LogP contribution in [0.15, 0.2) is 22.6 Å². The highest BCUT2D eigenvalue weighted by Gasteiger charge is 2.07. The molecule has 0 spiro atoms. The number of aromatic nitrogens is 1. The van der Waals surface area contributed by atoms with Crippen molar-refractivity contribution in [3.05, 3.63) is 24.1 Å². The van der Waals surface area contributed by atoms with Crippen molar-refractivity contribution in [2.75, 3.05) is 25.6 Å². The molecule has 1 aromatic carbocycles. The maximum absolute atomic E-state index is 11.0. The summed E-state index contributed by atoms with van der Waals surface area (Å²) in [4.78, 5) is 17.4. The van der Waals surface area contributed by atoms with Crippen molar-refractivity contribution in [2.45, 2.75) is 19.8 Å². The molecule has 0 unspecified atom stereocenters. The molecule has 0 atom stereocenters. The molecule has 1 heterocycles. The molecule has 0 aliphatic carbocycles. The number of fused-ring (bicyclic) bond motifs is 1. The summed E-state index contributed by atoms with van der Waals surface area (Å²) in [6.07, 6.45) is 1.20. The van der Waals surface area contributed by atoms with Crippen LogP contribution in [0.4, 0.5) is 5.69 Å². The topological polar surface area (TPSA) is 55.6 Å². The zero-order valence-corrected chi connectivity index (χ0v) is 11.5. The molecule has 0 aliphatic rings. The Morgan fingerprint density at radius 3 is 3.00 bits per heavy atom. The van der Waals surface area contributed by atoms with Gasteiger partial charge in [-0.2, -0.15) is 0 Å². The van der Waals surface area contributed by atoms with E-state index in [-0.39, 0.29) is 5.97 Å². The third-order valence-electron chi connectivity index (χ3n) is 3.02. The molecule has 102 valence electrons. The first kappa shape index (κ1) is 13.4. The Hall–Kier alpha value is -2.04. The van der Waals surface area contributed by atoms with Gasteiger partial charge in [-0.25, -0.2) is 4.98 Å². The summed E-state index contributed by atoms with van der Waals surface area (Å²) in [6.45, 7) is 2.62. The van der Waals surface area contributed by atoms with E-state index in [2.05, 4.69) is 14.6 Å². The predicted octanol–water partition coefficient (Wildman–Crippen LogP) is 2.53. The maximum atomic E-state index is 11.0. The first-order valence-corrected chi connectivity index (χ1v) is 6.25. The minimum Gasteiger partial charge on any atom is -0.469 e. The van der Waals surface area contributed by atoms with Crippen molar-refractivity contribution < 1.29 is 13.9 Å². The molecule has 0 bridgehead atoms. The molecular weight excluding hydrogens is 244 g/mol. The van der Waals surface area contributed by atoms with E-state index in [1.165, 1.54) is 7.11 Å². The van der Waals surface area contributed by atoms with E-state index in [4.69, 9.17) is 4.42 Å². The fraction of sp³-hybridized carbons (Fsp3) is 0.429. The van der Waals surface area contributed by atoms with Gasteiger partial charge in [0.25, 0.3) is 0 Å². The zero-order valence-electron chi connectivity index (χ0n) is 11.5. The number of aryl methyl sites for hydroxylation is 1. The predicted molar refractivity (Wildman–Crippen MR) is 73.3 cm³/mol. The second kappa shape index (κ2) is 5.73. The molecule has 19 heavy (non-hydrogen) atoms. The number of oxazole rings is 1. The number of esters is 1. The van der Waals surface area contributed by atoms with Gasteiger partial charge in [-0.05, 0) is 24.6 Å². The lowest BCUT2D eigenvalue weighted by Gasteiger charge is -2.18. The average Bonchev–Trinajstić information content (AvgIpc) is 2.77. The Morgan fingerprint density at radius 2 is 2.26 bits per heavy atom. The number of carbonyl (C=O) groups excluding carboxylic acids is 1. The first-order chi connectivity index (χ1) is 9.10. The molecule has 0 fully saturated rings. The van der Waals surface area contributed by atoms with Crippen molar-refractivity contribution in [2.24, 2.45) is 0 Å². The summed E-state index contributed by atoms with van der Waals surface area (Å²) in [5.41, 5.74) is 2.71. The van der Waals surface area contributed by atoms with Gasteiger partial charge in [0.1, 0.15) is 5.52 Å². The maximum Gasteiger partial charge on any atom is 0.305 e. The number of carbonyl (C=O) groups is 1. The highest BCUT2D eigenvalue weighted by atomic mass is 16.5. The van der Waals surface area contributed by atoms with Crippen molar-refractivity contribution in [3.8, 4) is 0 Å². The van der Waals surface area contributed by atoms with Gasteiger partial charge in [-0.3, -0.25) is 4.79 Å². The van der Waals surface area contributed by atoms with E-state index in [1.54, 1.807) is 0 Å². The summed E-state index contributed by atoms with van der Waals surface area (Å²) in [7, 11) is 3.40. The summed E-state index contributed by atoms with van der Waals surface area (Å²) in [6, 6.07) is 5.90. The van der Waals surface area contributed by atoms with E-state index >= 15 is 0 Å². The third-order valence-corrected chi connectivity index (χ3v) is 3.02. The van der Waals surface area contributed by atoms with Gasteiger partial charge >= 0.3 is 5.97 Å². The Labute approximate surface area is 112 Å². The molecule has 1 aromatic heterocycles. The van der Waals surface area contributed by atoms with E-state index in [0.29, 0.717) is 12.3 Å². The molecule has 5 heteroatoms. The second-order valence-corrected chi connectivity index (χ2v) is 4.49. The van der Waals surface area contributed by atoms with Crippen LogP contribution in [0.5, 0.6) is 0 Å². The number of ether oxygens (including phenoxy) is 1. The Kier molecular flexibility index (Phi) is 4.04. The number of anilines is 1. The van der Waals surface area contributed by atoms with Gasteiger partial charge in [0.2, 0.25) is 0 Å². The number of rotatable bonds is 5. The van der Waals surface area contributed by atoms with Gasteiger partial charge < -0.3 is 14.1 Å². The molecule has 0 saturated heterocycles. The number of benzene rings is 1. The number of methoxy groups -OCH3 is 1. The van der Waals surface area contributed by atoms with Gasteiger partial charge in [-0.1, -0.05) is 0 Å². The van der Waals surface area contributed by atoms with Crippen LogP contribution in [0.2, 0.25) is 0 Å². The van der Waals surface area contributed by atoms with Gasteiger partial charge in [0.05, 0.1) is 7.11 Å². The van der Waals surface area contributed by atoms with Crippen molar-refractivity contribution in [1.29, 1.82) is 0 Å². The highest BCUT2D eigenvalue weighted by molar-refractivity contribution is 5.77. The van der Waals surface area contributed by atoms with E-state index in [0.717, 1.165) is 29.8 Å². The number of hydrogen-bond donors (Lipinski definition) is 0. The molecule has 5 nitrogen and oxygen atoms in total. The summed E-state index contributed by atoms with van der Waals surface area (Å²) < 4.78 is 10.1. The quantitative estimate of drug-likeness (QED) is 0.775. The molecule has 0 N–H and O–H groups in total. The first-order valence-electron chi connectivity index (χ1n) is 6.25. The standard InChI is InChI=1S/C14H18N2O3/c1-10-15-12-9-11(6-7-13(12)19-10)16(2)8-4-5-14(17)18-3/h6-7,9H,4-5,8H2,1-3H3. The Bertz CT molecular complexity index is 577. The van der Waals surface area contributed by atoms with Gasteiger partial charge in [0, 0.05) is 32.6 Å². The minimum absolute atomic E-state index is 0.170. The lowest BCUT2D eigenvalue weighted by atomic mass is 10.2. The van der Waals surface area contributed by atoms with Crippen LogP contribution < -0.4 is 4.90 Å². The van der Waals surface area contributed by atoms with Crippen molar-refractivity contribution in [1.82, 2.24) is 4.98 Å². The van der Waals surface area contributed by atoms with Crippen LogP contribution >= 0.6 is 0 Å². The van der Waals surface area contributed by atoms with E-state index < -0.39 is 0 Å². The monoisotopic (exact) mass is 262 g/mol. The van der Waals surface area contributed by atoms with Gasteiger partial charge in [-0.15, -0.1) is 0 Å². The molecule has 2 rings (SSSR count). The zero-order chi connectivity index (χ0) is 13.8. The van der Waals surface area contributed by atoms with E-state index in [1.807, 2.05) is 32.2 Å². The molecule has 0 radical (unpaired) electrons. The van der Waals surface area contributed by atoms with E-state index in [9.17, 15) is 4.79 Å². The lowest BCUT2D eigenvalue weighted by molar-refractivity contribution is -0.140. The fourth-order valence-electron chi connectivity index (χ4n) is 1.96. The summed E-state index contributed by atoms with van der Waals surface area (Å²) >= 11 is 0. The highest BCUT2D eigenvalue weighted by Crippen LogP contribution is 2.22. The van der Waals surface area contributed by atoms with Crippen LogP contribution in [-0.2, 0) is 9.53 Å². The fourth-order valence-corrected chi connectivity index (χ4v) is 1.96. The average molecular weight is 262 g/mol. The van der Waals surface area contributed by atoms with Crippen LogP contribution in [0, 0.1) is 6.92 Å². The molecule has 0 aliphatic heterocycles. The largest absolute Gasteiger partial charge is 0.469 e. The molecule has 2 aromatic rings. The lowest BCUT2D eigenvalue weighted by Crippen LogP contribution is -2.19. The Balaban J connectivity index is 2.00. The smallest absolute Gasteiger partial charge is 0.305 e. The molecule has 0 amide bonds. The Morgan fingerprint density at radius 1 is 1.47 bits per heavy atom. The van der Waals surface area contributed by atoms with Crippen molar-refractivity contribution >= 4 is 22.8 Å². The van der Waals surface area contributed by atoms with Crippen LogP contribution in [-0.4, -0.2) is 31.7 Å². The van der Waals surface area contributed by atoms with Crippen LogP contribution in [0.25, 0.3) is 11.1 Å². The normalized spacial score (nSPS) is 10.7. The minimum atomic E-state index is -0.170. The molecular formula is C14H18N2O3. The summed E-state index contributed by atoms with van der Waals surface area (Å²) in [5.74, 6) is 0.497. The SMILES string of the molecule is COC(=O)CCCN(C)c1ccc2oc(C)nc2c1. The van der Waals surface area contributed by atoms with Crippen LogP contribution in [0.1, 0.15) is 18.7 Å². The summed E-state index contributed by atoms with van der Waals surface area (Å²) in [5, 5.41) is 0. The van der Waals surface area contributed by atoms with Crippen LogP contribution in [0.3, 0.4) is 0 Å².